The largest absolute Gasteiger partial charge is 0.469 e. The Bertz CT molecular complexity index is 835. The lowest BCUT2D eigenvalue weighted by Crippen LogP contribution is -2.47. The maximum absolute atomic E-state index is 13.0. The molecule has 2 aromatic carbocycles. The van der Waals surface area contributed by atoms with Gasteiger partial charge >= 0.3 is 5.97 Å². The molecule has 5 heteroatoms. The van der Waals surface area contributed by atoms with Crippen LogP contribution in [0.2, 0.25) is 0 Å². The molecule has 0 aliphatic carbocycles. The first-order valence-corrected chi connectivity index (χ1v) is 8.34. The topological polar surface area (TPSA) is 66.8 Å². The van der Waals surface area contributed by atoms with Crippen molar-refractivity contribution in [1.29, 1.82) is 0 Å². The van der Waals surface area contributed by atoms with Gasteiger partial charge in [0.15, 0.2) is 5.72 Å². The summed E-state index contributed by atoms with van der Waals surface area (Å²) in [5.41, 5.74) is 0.368. The number of rotatable bonds is 3. The normalized spacial score (nSPS) is 27.1. The highest BCUT2D eigenvalue weighted by Gasteiger charge is 2.63. The Morgan fingerprint density at radius 2 is 1.88 bits per heavy atom. The van der Waals surface area contributed by atoms with Gasteiger partial charge in [-0.05, 0) is 24.5 Å². The van der Waals surface area contributed by atoms with Crippen LogP contribution >= 0.6 is 0 Å². The zero-order valence-electron chi connectivity index (χ0n) is 13.9. The van der Waals surface area contributed by atoms with Gasteiger partial charge in [0, 0.05) is 17.2 Å². The Hall–Kier alpha value is -2.66. The zero-order valence-corrected chi connectivity index (χ0v) is 13.9. The molecule has 0 radical (unpaired) electrons. The minimum atomic E-state index is -1.64. The number of ether oxygens (including phenoxy) is 1. The predicted octanol–water partition coefficient (Wildman–Crippen LogP) is 2.09. The number of aliphatic hydroxyl groups is 1. The summed E-state index contributed by atoms with van der Waals surface area (Å²) in [6.07, 6.45) is 0.953. The fourth-order valence-corrected chi connectivity index (χ4v) is 4.21. The molecule has 128 valence electrons. The first-order chi connectivity index (χ1) is 12.1. The van der Waals surface area contributed by atoms with Gasteiger partial charge in [-0.1, -0.05) is 48.5 Å². The van der Waals surface area contributed by atoms with E-state index < -0.39 is 17.6 Å². The van der Waals surface area contributed by atoms with E-state index in [4.69, 9.17) is 4.74 Å². The molecule has 3 atom stereocenters. The molecule has 2 heterocycles. The molecule has 0 unspecified atom stereocenters. The maximum atomic E-state index is 13.0. The molecule has 2 aliphatic heterocycles. The Morgan fingerprint density at radius 1 is 1.20 bits per heavy atom. The summed E-state index contributed by atoms with van der Waals surface area (Å²) in [6.45, 7) is 0. The average Bonchev–Trinajstić information content (AvgIpc) is 3.06. The van der Waals surface area contributed by atoms with E-state index in [1.165, 1.54) is 12.0 Å². The molecule has 1 N–H and O–H groups in total. The second kappa shape index (κ2) is 5.70. The van der Waals surface area contributed by atoms with E-state index >= 15 is 0 Å². The highest BCUT2D eigenvalue weighted by Crippen LogP contribution is 2.51. The number of carbonyl (C=O) groups excluding carboxylic acids is 2. The Kier molecular flexibility index (Phi) is 3.62. The number of hydrogen-bond donors (Lipinski definition) is 1. The maximum Gasteiger partial charge on any atom is 0.314 e. The van der Waals surface area contributed by atoms with E-state index in [-0.39, 0.29) is 11.9 Å². The average molecular weight is 337 g/mol. The van der Waals surface area contributed by atoms with Gasteiger partial charge < -0.3 is 14.7 Å². The number of carbonyl (C=O) groups is 2. The van der Waals surface area contributed by atoms with Crippen LogP contribution in [-0.2, 0) is 21.7 Å². The Balaban J connectivity index is 1.79. The third-order valence-electron chi connectivity index (χ3n) is 5.30. The number of fused-ring (bicyclic) bond motifs is 3. The van der Waals surface area contributed by atoms with Gasteiger partial charge in [-0.15, -0.1) is 0 Å². The van der Waals surface area contributed by atoms with Crippen LogP contribution in [0.25, 0.3) is 0 Å². The molecule has 2 aromatic rings. The predicted molar refractivity (Wildman–Crippen MR) is 90.6 cm³/mol. The molecule has 4 rings (SSSR count). The van der Waals surface area contributed by atoms with Gasteiger partial charge in [0.25, 0.3) is 5.91 Å². The summed E-state index contributed by atoms with van der Waals surface area (Å²) in [5, 5.41) is 11.5. The van der Waals surface area contributed by atoms with E-state index in [0.717, 1.165) is 5.56 Å². The second-order valence-electron chi connectivity index (χ2n) is 6.60. The van der Waals surface area contributed by atoms with Crippen LogP contribution in [0.5, 0.6) is 0 Å². The van der Waals surface area contributed by atoms with Crippen molar-refractivity contribution >= 4 is 11.9 Å². The van der Waals surface area contributed by atoms with Crippen molar-refractivity contribution in [3.63, 3.8) is 0 Å². The van der Waals surface area contributed by atoms with Gasteiger partial charge in [-0.2, -0.15) is 0 Å². The molecule has 0 aromatic heterocycles. The summed E-state index contributed by atoms with van der Waals surface area (Å²) in [4.78, 5) is 26.8. The van der Waals surface area contributed by atoms with Crippen LogP contribution in [0.3, 0.4) is 0 Å². The second-order valence-corrected chi connectivity index (χ2v) is 6.60. The van der Waals surface area contributed by atoms with Gasteiger partial charge in [-0.25, -0.2) is 0 Å². The molecular formula is C20H19NO4. The minimum absolute atomic E-state index is 0.231. The van der Waals surface area contributed by atoms with Crippen LogP contribution in [0.4, 0.5) is 0 Å². The van der Waals surface area contributed by atoms with E-state index in [2.05, 4.69) is 0 Å². The molecule has 0 saturated carbocycles. The third kappa shape index (κ3) is 2.19. The summed E-state index contributed by atoms with van der Waals surface area (Å²) in [5.74, 6) is -1.52. The molecule has 2 aliphatic rings. The summed E-state index contributed by atoms with van der Waals surface area (Å²) in [7, 11) is 1.31. The van der Waals surface area contributed by atoms with Crippen LogP contribution < -0.4 is 0 Å². The standard InChI is InChI=1S/C20H19NO4/c1-25-19(23)17-12-14(11-13-7-3-2-4-8-13)21-18(22)15-9-5-6-10-16(15)20(17,21)24/h2-10,14,17,24H,11-12H2,1H3/t14-,17-,20+/m1/s1. The zero-order chi connectivity index (χ0) is 17.6. The van der Waals surface area contributed by atoms with Crippen molar-refractivity contribution in [3.8, 4) is 0 Å². The number of amides is 1. The lowest BCUT2D eigenvalue weighted by atomic mass is 9.88. The lowest BCUT2D eigenvalue weighted by Gasteiger charge is -2.33. The van der Waals surface area contributed by atoms with E-state index in [0.29, 0.717) is 24.0 Å². The van der Waals surface area contributed by atoms with Crippen molar-refractivity contribution < 1.29 is 19.4 Å². The smallest absolute Gasteiger partial charge is 0.314 e. The summed E-state index contributed by atoms with van der Waals surface area (Å²) in [6, 6.07) is 16.5. The van der Waals surface area contributed by atoms with Crippen LogP contribution in [0, 0.1) is 5.92 Å². The number of esters is 1. The molecule has 0 bridgehead atoms. The molecule has 1 saturated heterocycles. The minimum Gasteiger partial charge on any atom is -0.469 e. The monoisotopic (exact) mass is 337 g/mol. The molecule has 25 heavy (non-hydrogen) atoms. The van der Waals surface area contributed by atoms with Crippen molar-refractivity contribution in [2.24, 2.45) is 5.92 Å². The quantitative estimate of drug-likeness (QED) is 0.871. The fourth-order valence-electron chi connectivity index (χ4n) is 4.21. The molecule has 0 spiro atoms. The van der Waals surface area contributed by atoms with E-state index in [9.17, 15) is 14.7 Å². The number of methoxy groups -OCH3 is 1. The number of benzene rings is 2. The van der Waals surface area contributed by atoms with Crippen molar-refractivity contribution in [1.82, 2.24) is 4.90 Å². The molecular weight excluding hydrogens is 318 g/mol. The van der Waals surface area contributed by atoms with Crippen LogP contribution in [0.15, 0.2) is 54.6 Å². The lowest BCUT2D eigenvalue weighted by molar-refractivity contribution is -0.162. The Morgan fingerprint density at radius 3 is 2.60 bits per heavy atom. The van der Waals surface area contributed by atoms with Gasteiger partial charge in [0.05, 0.1) is 7.11 Å². The van der Waals surface area contributed by atoms with Crippen molar-refractivity contribution in [2.75, 3.05) is 7.11 Å². The van der Waals surface area contributed by atoms with Gasteiger partial charge in [0.1, 0.15) is 5.92 Å². The molecule has 5 nitrogen and oxygen atoms in total. The van der Waals surface area contributed by atoms with Crippen molar-refractivity contribution in [2.45, 2.75) is 24.6 Å². The van der Waals surface area contributed by atoms with Crippen molar-refractivity contribution in [3.05, 3.63) is 71.3 Å². The summed E-state index contributed by atoms with van der Waals surface area (Å²) >= 11 is 0. The highest BCUT2D eigenvalue weighted by atomic mass is 16.5. The Labute approximate surface area is 145 Å². The first-order valence-electron chi connectivity index (χ1n) is 8.34. The first kappa shape index (κ1) is 15.8. The highest BCUT2D eigenvalue weighted by molar-refractivity contribution is 6.01. The van der Waals surface area contributed by atoms with Crippen LogP contribution in [-0.4, -0.2) is 35.0 Å². The van der Waals surface area contributed by atoms with E-state index in [1.807, 2.05) is 30.3 Å². The number of hydrogen-bond acceptors (Lipinski definition) is 4. The summed E-state index contributed by atoms with van der Waals surface area (Å²) < 4.78 is 4.92. The van der Waals surface area contributed by atoms with Crippen LogP contribution in [0.1, 0.15) is 27.9 Å². The molecule has 1 fully saturated rings. The molecule has 1 amide bonds. The number of nitrogens with zero attached hydrogens (tertiary/aromatic N) is 1. The third-order valence-corrected chi connectivity index (χ3v) is 5.30. The fraction of sp³-hybridized carbons (Fsp3) is 0.300. The van der Waals surface area contributed by atoms with Gasteiger partial charge in [0.2, 0.25) is 0 Å². The van der Waals surface area contributed by atoms with Gasteiger partial charge in [-0.3, -0.25) is 9.59 Å². The SMILES string of the molecule is COC(=O)[C@H]1C[C@@H](Cc2ccccc2)N2C(=O)c3ccccc3[C@]12O. The van der Waals surface area contributed by atoms with E-state index in [1.54, 1.807) is 24.3 Å².